The molecule has 3 aliphatic rings. The molecule has 0 saturated carbocycles. The zero-order chi connectivity index (χ0) is 20.5. The molecule has 2 fully saturated rings. The Labute approximate surface area is 167 Å². The normalized spacial score (nSPS) is 26.5. The molecule has 0 aromatic rings. The van der Waals surface area contributed by atoms with Crippen LogP contribution < -0.4 is 5.32 Å². The lowest BCUT2D eigenvalue weighted by Gasteiger charge is -2.38. The summed E-state index contributed by atoms with van der Waals surface area (Å²) in [5, 5.41) is 2.95. The van der Waals surface area contributed by atoms with E-state index in [1.165, 1.54) is 29.8 Å². The maximum absolute atomic E-state index is 12.9. The topological polar surface area (TPSA) is 96.0 Å². The molecule has 1 N–H and O–H groups in total. The van der Waals surface area contributed by atoms with Crippen molar-refractivity contribution >= 4 is 21.9 Å². The smallest absolute Gasteiger partial charge is 0.335 e. The number of ether oxygens (including phenoxy) is 1. The standard InChI is InChI=1S/C19H31N3O5S/c1-14-6-4-5-10-21(14)13-9-20-17(23)16-15(2)18(24)27-19(16)7-11-22(12-8-19)28(3,25)26/h14H,4-13H2,1-3H3,(H,20,23)/t14-/m0/s1. The van der Waals surface area contributed by atoms with Crippen LogP contribution in [0.4, 0.5) is 0 Å². The van der Waals surface area contributed by atoms with Crippen molar-refractivity contribution in [3.63, 3.8) is 0 Å². The number of amides is 1. The van der Waals surface area contributed by atoms with Gasteiger partial charge < -0.3 is 10.1 Å². The zero-order valence-corrected chi connectivity index (χ0v) is 17.8. The molecule has 3 heterocycles. The van der Waals surface area contributed by atoms with Crippen LogP contribution in [0.3, 0.4) is 0 Å². The highest BCUT2D eigenvalue weighted by molar-refractivity contribution is 7.88. The third-order valence-electron chi connectivity index (χ3n) is 6.28. The molecule has 158 valence electrons. The summed E-state index contributed by atoms with van der Waals surface area (Å²) in [6.45, 7) is 6.64. The Bertz CT molecular complexity index is 768. The number of carbonyl (C=O) groups is 2. The number of nitrogens with zero attached hydrogens (tertiary/aromatic N) is 2. The first kappa shape index (κ1) is 21.3. The molecule has 0 radical (unpaired) electrons. The Morgan fingerprint density at radius 1 is 1.25 bits per heavy atom. The van der Waals surface area contributed by atoms with E-state index in [9.17, 15) is 18.0 Å². The maximum Gasteiger partial charge on any atom is 0.335 e. The molecular weight excluding hydrogens is 382 g/mol. The van der Waals surface area contributed by atoms with E-state index in [4.69, 9.17) is 4.74 Å². The van der Waals surface area contributed by atoms with E-state index in [-0.39, 0.29) is 19.0 Å². The van der Waals surface area contributed by atoms with Gasteiger partial charge in [-0.1, -0.05) is 6.42 Å². The molecule has 0 aromatic heterocycles. The number of esters is 1. The first-order valence-electron chi connectivity index (χ1n) is 10.1. The molecule has 3 aliphatic heterocycles. The van der Waals surface area contributed by atoms with Gasteiger partial charge in [0.1, 0.15) is 5.60 Å². The van der Waals surface area contributed by atoms with Crippen LogP contribution in [0.25, 0.3) is 0 Å². The van der Waals surface area contributed by atoms with Gasteiger partial charge in [0.2, 0.25) is 10.0 Å². The quantitative estimate of drug-likeness (QED) is 0.665. The number of sulfonamides is 1. The molecule has 1 atom stereocenters. The van der Waals surface area contributed by atoms with E-state index in [1.54, 1.807) is 6.92 Å². The van der Waals surface area contributed by atoms with Crippen LogP contribution in [0.1, 0.15) is 46.0 Å². The predicted molar refractivity (Wildman–Crippen MR) is 105 cm³/mol. The van der Waals surface area contributed by atoms with Crippen molar-refractivity contribution in [3.8, 4) is 0 Å². The van der Waals surface area contributed by atoms with E-state index in [1.807, 2.05) is 0 Å². The van der Waals surface area contributed by atoms with Crippen molar-refractivity contribution in [1.82, 2.24) is 14.5 Å². The lowest BCUT2D eigenvalue weighted by Crippen LogP contribution is -2.50. The first-order chi connectivity index (χ1) is 13.1. The number of piperidine rings is 2. The van der Waals surface area contributed by atoms with Crippen LogP contribution >= 0.6 is 0 Å². The summed E-state index contributed by atoms with van der Waals surface area (Å²) in [7, 11) is -3.30. The van der Waals surface area contributed by atoms with Gasteiger partial charge in [0.05, 0.1) is 11.8 Å². The van der Waals surface area contributed by atoms with Crippen LogP contribution in [-0.2, 0) is 24.3 Å². The summed E-state index contributed by atoms with van der Waals surface area (Å²) >= 11 is 0. The lowest BCUT2D eigenvalue weighted by atomic mass is 9.83. The van der Waals surface area contributed by atoms with Gasteiger partial charge >= 0.3 is 5.97 Å². The Morgan fingerprint density at radius 3 is 2.54 bits per heavy atom. The second-order valence-corrected chi connectivity index (χ2v) is 10.2. The van der Waals surface area contributed by atoms with Gasteiger partial charge in [-0.3, -0.25) is 9.69 Å². The number of nitrogens with one attached hydrogen (secondary N) is 1. The Balaban J connectivity index is 1.64. The van der Waals surface area contributed by atoms with Gasteiger partial charge in [-0.15, -0.1) is 0 Å². The summed E-state index contributed by atoms with van der Waals surface area (Å²) in [5.74, 6) is -0.761. The number of likely N-dealkylation sites (tertiary alicyclic amines) is 1. The maximum atomic E-state index is 12.9. The number of hydrogen-bond donors (Lipinski definition) is 1. The Morgan fingerprint density at radius 2 is 1.93 bits per heavy atom. The highest BCUT2D eigenvalue weighted by atomic mass is 32.2. The van der Waals surface area contributed by atoms with Crippen LogP contribution in [-0.4, -0.2) is 80.1 Å². The second kappa shape index (κ2) is 8.12. The molecule has 0 aliphatic carbocycles. The number of hydrogen-bond acceptors (Lipinski definition) is 6. The van der Waals surface area contributed by atoms with Crippen LogP contribution in [0.15, 0.2) is 11.1 Å². The highest BCUT2D eigenvalue weighted by Crippen LogP contribution is 2.41. The highest BCUT2D eigenvalue weighted by Gasteiger charge is 2.51. The van der Waals surface area contributed by atoms with E-state index in [2.05, 4.69) is 17.1 Å². The minimum absolute atomic E-state index is 0.238. The number of carbonyl (C=O) groups excluding carboxylic acids is 2. The molecule has 28 heavy (non-hydrogen) atoms. The summed E-state index contributed by atoms with van der Waals surface area (Å²) in [6, 6.07) is 0.523. The lowest BCUT2D eigenvalue weighted by molar-refractivity contribution is -0.150. The molecule has 0 unspecified atom stereocenters. The van der Waals surface area contributed by atoms with Crippen molar-refractivity contribution in [3.05, 3.63) is 11.1 Å². The van der Waals surface area contributed by atoms with Crippen LogP contribution in [0.2, 0.25) is 0 Å². The molecule has 0 aromatic carbocycles. The van der Waals surface area contributed by atoms with E-state index in [0.29, 0.717) is 36.6 Å². The monoisotopic (exact) mass is 413 g/mol. The largest absolute Gasteiger partial charge is 0.450 e. The predicted octanol–water partition coefficient (Wildman–Crippen LogP) is 0.645. The third kappa shape index (κ3) is 4.26. The Hall–Kier alpha value is -1.45. The van der Waals surface area contributed by atoms with Crippen molar-refractivity contribution in [2.75, 3.05) is 39.0 Å². The molecule has 2 saturated heterocycles. The third-order valence-corrected chi connectivity index (χ3v) is 7.58. The van der Waals surface area contributed by atoms with Gasteiger partial charge in [0.15, 0.2) is 0 Å². The Kier molecular flexibility index (Phi) is 6.17. The van der Waals surface area contributed by atoms with E-state index in [0.717, 1.165) is 13.1 Å². The van der Waals surface area contributed by atoms with Gasteiger partial charge in [-0.05, 0) is 33.2 Å². The fourth-order valence-corrected chi connectivity index (χ4v) is 5.39. The first-order valence-corrected chi connectivity index (χ1v) is 11.9. The summed E-state index contributed by atoms with van der Waals surface area (Å²) in [6.07, 6.45) is 5.39. The zero-order valence-electron chi connectivity index (χ0n) is 17.0. The van der Waals surface area contributed by atoms with Gasteiger partial charge in [-0.25, -0.2) is 17.5 Å². The fourth-order valence-electron chi connectivity index (χ4n) is 4.55. The molecule has 1 amide bonds. The average molecular weight is 414 g/mol. The van der Waals surface area contributed by atoms with E-state index >= 15 is 0 Å². The molecule has 3 rings (SSSR count). The molecule has 1 spiro atoms. The molecule has 9 heteroatoms. The van der Waals surface area contributed by atoms with E-state index < -0.39 is 21.6 Å². The summed E-state index contributed by atoms with van der Waals surface area (Å²) in [5.41, 5.74) is -0.306. The molecular formula is C19H31N3O5S. The van der Waals surface area contributed by atoms with Crippen molar-refractivity contribution in [2.45, 2.75) is 57.6 Å². The van der Waals surface area contributed by atoms with Crippen molar-refractivity contribution in [2.24, 2.45) is 0 Å². The molecule has 0 bridgehead atoms. The minimum Gasteiger partial charge on any atom is -0.450 e. The van der Waals surface area contributed by atoms with Crippen molar-refractivity contribution < 1.29 is 22.7 Å². The fraction of sp³-hybridized carbons (Fsp3) is 0.789. The minimum atomic E-state index is -3.30. The second-order valence-electron chi connectivity index (χ2n) is 8.18. The number of rotatable bonds is 5. The SMILES string of the molecule is CC1=C(C(=O)NCCN2CCCC[C@@H]2C)C2(CCN(S(C)(=O)=O)CC2)OC1=O. The van der Waals surface area contributed by atoms with Gasteiger partial charge in [-0.2, -0.15) is 0 Å². The van der Waals surface area contributed by atoms with Crippen LogP contribution in [0, 0.1) is 0 Å². The van der Waals surface area contributed by atoms with Crippen LogP contribution in [0.5, 0.6) is 0 Å². The van der Waals surface area contributed by atoms with Crippen molar-refractivity contribution in [1.29, 1.82) is 0 Å². The van der Waals surface area contributed by atoms with Gasteiger partial charge in [0, 0.05) is 50.6 Å². The van der Waals surface area contributed by atoms with Gasteiger partial charge in [0.25, 0.3) is 5.91 Å². The average Bonchev–Trinajstić information content (AvgIpc) is 2.86. The summed E-state index contributed by atoms with van der Waals surface area (Å²) in [4.78, 5) is 27.5. The summed E-state index contributed by atoms with van der Waals surface area (Å²) < 4.78 is 30.5. The molecule has 8 nitrogen and oxygen atoms in total.